The summed E-state index contributed by atoms with van der Waals surface area (Å²) in [5.74, 6) is -0.722. The van der Waals surface area contributed by atoms with Crippen molar-refractivity contribution in [1.29, 1.82) is 0 Å². The quantitative estimate of drug-likeness (QED) is 0.418. The van der Waals surface area contributed by atoms with Gasteiger partial charge in [-0.2, -0.15) is 14.3 Å². The molecule has 0 bridgehead atoms. The van der Waals surface area contributed by atoms with E-state index in [0.29, 0.717) is 6.54 Å². The van der Waals surface area contributed by atoms with Gasteiger partial charge < -0.3 is 4.90 Å². The molecule has 1 aromatic rings. The van der Waals surface area contributed by atoms with Gasteiger partial charge in [-0.05, 0) is 30.2 Å². The minimum Gasteiger partial charge on any atom is -0.308 e. The number of rotatable bonds is 1. The normalized spacial score (nSPS) is 16.8. The molecule has 0 saturated carbocycles. The lowest BCUT2D eigenvalue weighted by Crippen LogP contribution is -2.44. The van der Waals surface area contributed by atoms with Crippen molar-refractivity contribution < 1.29 is 19.0 Å². The van der Waals surface area contributed by atoms with Gasteiger partial charge in [0, 0.05) is 22.8 Å². The predicted octanol–water partition coefficient (Wildman–Crippen LogP) is 1.72. The number of carbonyl (C=O) groups is 3. The molecule has 122 valence electrons. The van der Waals surface area contributed by atoms with Crippen LogP contribution < -0.4 is 4.90 Å². The molecule has 0 N–H and O–H groups in total. The third-order valence-electron chi connectivity index (χ3n) is 4.00. The van der Waals surface area contributed by atoms with Gasteiger partial charge in [-0.1, -0.05) is 21.7 Å². The lowest BCUT2D eigenvalue weighted by molar-refractivity contribution is -0.397. The number of fused-ring (bicyclic) bond motifs is 1. The summed E-state index contributed by atoms with van der Waals surface area (Å²) >= 11 is 3.42. The Hall–Kier alpha value is -2.50. The fourth-order valence-electron chi connectivity index (χ4n) is 2.72. The van der Waals surface area contributed by atoms with E-state index in [1.54, 1.807) is 11.9 Å². The largest absolute Gasteiger partial charge is 0.500 e. The van der Waals surface area contributed by atoms with Crippen molar-refractivity contribution in [2.75, 3.05) is 25.5 Å². The molecule has 0 fully saturated rings. The highest BCUT2D eigenvalue weighted by Crippen LogP contribution is 2.30. The molecule has 3 rings (SSSR count). The van der Waals surface area contributed by atoms with E-state index in [-0.39, 0.29) is 11.5 Å². The molecule has 0 atom stereocenters. The van der Waals surface area contributed by atoms with Crippen molar-refractivity contribution in [1.82, 2.24) is 4.90 Å². The first-order valence-electron chi connectivity index (χ1n) is 7.35. The number of halogens is 1. The Morgan fingerprint density at radius 1 is 1.38 bits per heavy atom. The SMILES string of the molecule is CN1C(=O)C(=C=CC(=O)N2CCc3cc(Br)ccc32)C=[N+](C)C1=O. The van der Waals surface area contributed by atoms with E-state index in [1.807, 2.05) is 18.2 Å². The average Bonchev–Trinajstić information content (AvgIpc) is 2.97. The molecule has 24 heavy (non-hydrogen) atoms. The first-order valence-corrected chi connectivity index (χ1v) is 8.14. The van der Waals surface area contributed by atoms with E-state index in [4.69, 9.17) is 0 Å². The van der Waals surface area contributed by atoms with Gasteiger partial charge in [0.25, 0.3) is 5.91 Å². The molecule has 2 aliphatic heterocycles. The minimum absolute atomic E-state index is 0.170. The maximum Gasteiger partial charge on any atom is 0.500 e. The van der Waals surface area contributed by atoms with Crippen LogP contribution in [0.15, 0.2) is 40.1 Å². The Labute approximate surface area is 147 Å². The fourth-order valence-corrected chi connectivity index (χ4v) is 3.13. The van der Waals surface area contributed by atoms with E-state index in [1.165, 1.54) is 23.9 Å². The van der Waals surface area contributed by atoms with Crippen LogP contribution in [-0.2, 0) is 16.0 Å². The zero-order valence-electron chi connectivity index (χ0n) is 13.2. The average molecular weight is 389 g/mol. The Balaban J connectivity index is 1.90. The lowest BCUT2D eigenvalue weighted by Gasteiger charge is -2.15. The Kier molecular flexibility index (Phi) is 4.22. The van der Waals surface area contributed by atoms with Crippen LogP contribution in [-0.4, -0.2) is 54.2 Å². The van der Waals surface area contributed by atoms with Gasteiger partial charge >= 0.3 is 11.9 Å². The smallest absolute Gasteiger partial charge is 0.308 e. The van der Waals surface area contributed by atoms with Crippen molar-refractivity contribution in [2.45, 2.75) is 6.42 Å². The number of anilines is 1. The summed E-state index contributed by atoms with van der Waals surface area (Å²) in [4.78, 5) is 38.8. The third kappa shape index (κ3) is 2.84. The number of nitrogens with zero attached hydrogens (tertiary/aromatic N) is 3. The van der Waals surface area contributed by atoms with Crippen LogP contribution in [0.5, 0.6) is 0 Å². The second kappa shape index (κ2) is 6.19. The molecule has 2 heterocycles. The van der Waals surface area contributed by atoms with Gasteiger partial charge in [0.15, 0.2) is 0 Å². The van der Waals surface area contributed by atoms with Crippen molar-refractivity contribution in [3.05, 3.63) is 45.6 Å². The molecule has 4 amide bonds. The molecule has 7 heteroatoms. The molecule has 0 spiro atoms. The highest BCUT2D eigenvalue weighted by atomic mass is 79.9. The third-order valence-corrected chi connectivity index (χ3v) is 4.49. The standard InChI is InChI=1S/C17H15BrN3O3/c1-19-10-12(16(23)20(2)17(19)24)3-6-15(22)21-8-7-11-9-13(18)4-5-14(11)21/h4-6,9-10H,7-8H2,1-2H3/q+1. The van der Waals surface area contributed by atoms with Crippen LogP contribution in [0.25, 0.3) is 0 Å². The second-order valence-electron chi connectivity index (χ2n) is 5.60. The number of carbonyl (C=O) groups excluding carboxylic acids is 3. The number of benzene rings is 1. The van der Waals surface area contributed by atoms with Crippen LogP contribution in [0.3, 0.4) is 0 Å². The van der Waals surface area contributed by atoms with Gasteiger partial charge in [-0.15, -0.1) is 0 Å². The summed E-state index contributed by atoms with van der Waals surface area (Å²) in [6, 6.07) is 5.36. The zero-order chi connectivity index (χ0) is 17.4. The monoisotopic (exact) mass is 388 g/mol. The molecule has 0 saturated heterocycles. The summed E-state index contributed by atoms with van der Waals surface area (Å²) in [6.07, 6.45) is 3.41. The highest BCUT2D eigenvalue weighted by molar-refractivity contribution is 9.10. The Morgan fingerprint density at radius 3 is 2.88 bits per heavy atom. The molecular weight excluding hydrogens is 374 g/mol. The van der Waals surface area contributed by atoms with Crippen LogP contribution >= 0.6 is 15.9 Å². The van der Waals surface area contributed by atoms with E-state index >= 15 is 0 Å². The Bertz CT molecular complexity index is 866. The van der Waals surface area contributed by atoms with Crippen LogP contribution in [0.2, 0.25) is 0 Å². The summed E-state index contributed by atoms with van der Waals surface area (Å²) in [5.41, 5.74) is 4.86. The van der Waals surface area contributed by atoms with E-state index in [0.717, 1.165) is 27.0 Å². The maximum atomic E-state index is 12.4. The first-order chi connectivity index (χ1) is 11.4. The zero-order valence-corrected chi connectivity index (χ0v) is 14.8. The topological polar surface area (TPSA) is 60.7 Å². The summed E-state index contributed by atoms with van der Waals surface area (Å²) < 4.78 is 2.26. The number of amides is 4. The molecule has 0 radical (unpaired) electrons. The Morgan fingerprint density at radius 2 is 2.12 bits per heavy atom. The highest BCUT2D eigenvalue weighted by Gasteiger charge is 2.35. The van der Waals surface area contributed by atoms with Crippen LogP contribution in [0.4, 0.5) is 10.5 Å². The van der Waals surface area contributed by atoms with Gasteiger partial charge in [0.2, 0.25) is 0 Å². The minimum atomic E-state index is -0.479. The molecule has 0 unspecified atom stereocenters. The molecule has 6 nitrogen and oxygen atoms in total. The summed E-state index contributed by atoms with van der Waals surface area (Å²) in [6.45, 7) is 0.591. The van der Waals surface area contributed by atoms with E-state index in [2.05, 4.69) is 21.7 Å². The van der Waals surface area contributed by atoms with Gasteiger partial charge in [0.05, 0.1) is 14.1 Å². The first kappa shape index (κ1) is 16.4. The maximum absolute atomic E-state index is 12.4. The van der Waals surface area contributed by atoms with Crippen LogP contribution in [0.1, 0.15) is 5.56 Å². The summed E-state index contributed by atoms with van der Waals surface area (Å²) in [7, 11) is 2.94. The predicted molar refractivity (Wildman–Crippen MR) is 92.2 cm³/mol. The lowest BCUT2D eigenvalue weighted by atomic mass is 10.2. The van der Waals surface area contributed by atoms with Gasteiger partial charge in [0.1, 0.15) is 11.8 Å². The van der Waals surface area contributed by atoms with Crippen molar-refractivity contribution in [2.24, 2.45) is 0 Å². The fraction of sp³-hybridized carbons (Fsp3) is 0.235. The van der Waals surface area contributed by atoms with Crippen LogP contribution in [0, 0.1) is 0 Å². The molecule has 2 aliphatic rings. The second-order valence-corrected chi connectivity index (χ2v) is 6.52. The van der Waals surface area contributed by atoms with E-state index < -0.39 is 11.9 Å². The van der Waals surface area contributed by atoms with Crippen molar-refractivity contribution in [3.63, 3.8) is 0 Å². The molecular formula is C17H15BrN3O3+. The number of imide groups is 1. The number of likely N-dealkylation sites (N-methyl/N-ethyl adjacent to an activating group) is 1. The number of hydrogen-bond donors (Lipinski definition) is 0. The molecule has 1 aromatic carbocycles. The van der Waals surface area contributed by atoms with Gasteiger partial charge in [-0.25, -0.2) is 4.79 Å². The number of hydrogen-bond acceptors (Lipinski definition) is 3. The van der Waals surface area contributed by atoms with E-state index in [9.17, 15) is 14.4 Å². The summed E-state index contributed by atoms with van der Waals surface area (Å²) in [5, 5.41) is 0. The van der Waals surface area contributed by atoms with Crippen molar-refractivity contribution in [3.8, 4) is 0 Å². The van der Waals surface area contributed by atoms with Crippen molar-refractivity contribution >= 4 is 45.7 Å². The number of urea groups is 1. The van der Waals surface area contributed by atoms with Gasteiger partial charge in [-0.3, -0.25) is 4.79 Å². The molecule has 0 aromatic heterocycles. The molecule has 0 aliphatic carbocycles.